The Balaban J connectivity index is 2.37. The van der Waals surface area contributed by atoms with Crippen LogP contribution in [0.5, 0.6) is 0 Å². The van der Waals surface area contributed by atoms with Gasteiger partial charge in [-0.05, 0) is 37.7 Å². The van der Waals surface area contributed by atoms with Crippen molar-refractivity contribution in [3.63, 3.8) is 0 Å². The number of ether oxygens (including phenoxy) is 1. The van der Waals surface area contributed by atoms with Crippen molar-refractivity contribution in [2.45, 2.75) is 13.8 Å². The Morgan fingerprint density at radius 1 is 1.32 bits per heavy atom. The Morgan fingerprint density at radius 3 is 2.58 bits per heavy atom. The molecular weight excluding hydrogens is 242 g/mol. The van der Waals surface area contributed by atoms with E-state index in [1.165, 1.54) is 0 Å². The highest BCUT2D eigenvalue weighted by Crippen LogP contribution is 2.10. The molecule has 0 heterocycles. The van der Waals surface area contributed by atoms with Gasteiger partial charge in [-0.25, -0.2) is 0 Å². The van der Waals surface area contributed by atoms with Gasteiger partial charge in [-0.1, -0.05) is 6.92 Å². The highest BCUT2D eigenvalue weighted by molar-refractivity contribution is 5.92. The molecule has 0 aromatic heterocycles. The fourth-order valence-electron chi connectivity index (χ4n) is 1.66. The first-order valence-corrected chi connectivity index (χ1v) is 6.61. The van der Waals surface area contributed by atoms with Gasteiger partial charge in [0, 0.05) is 24.5 Å². The number of hydrogen-bond donors (Lipinski definition) is 2. The number of nitrogens with two attached hydrogens (primary N) is 1. The highest BCUT2D eigenvalue weighted by atomic mass is 16.5. The molecule has 0 aliphatic rings. The first-order valence-electron chi connectivity index (χ1n) is 6.61. The normalized spacial score (nSPS) is 10.7. The lowest BCUT2D eigenvalue weighted by molar-refractivity contribution is -0.117. The summed E-state index contributed by atoms with van der Waals surface area (Å²) in [5.41, 5.74) is 7.04. The minimum absolute atomic E-state index is 0.0249. The van der Waals surface area contributed by atoms with Crippen LogP contribution in [0.15, 0.2) is 24.3 Å². The van der Waals surface area contributed by atoms with Crippen LogP contribution in [-0.2, 0) is 9.53 Å². The molecule has 19 heavy (non-hydrogen) atoms. The van der Waals surface area contributed by atoms with Crippen LogP contribution in [0, 0.1) is 0 Å². The van der Waals surface area contributed by atoms with Crippen LogP contribution in [0.1, 0.15) is 13.8 Å². The molecular formula is C14H23N3O2. The van der Waals surface area contributed by atoms with Gasteiger partial charge in [0.15, 0.2) is 0 Å². The molecule has 0 aliphatic heterocycles. The first-order chi connectivity index (χ1) is 9.15. The van der Waals surface area contributed by atoms with Crippen LogP contribution < -0.4 is 11.1 Å². The zero-order valence-electron chi connectivity index (χ0n) is 11.7. The third-order valence-corrected chi connectivity index (χ3v) is 2.76. The van der Waals surface area contributed by atoms with Gasteiger partial charge in [0.05, 0.1) is 13.2 Å². The van der Waals surface area contributed by atoms with E-state index in [1.54, 1.807) is 24.3 Å². The van der Waals surface area contributed by atoms with Crippen LogP contribution in [-0.4, -0.2) is 43.7 Å². The fourth-order valence-corrected chi connectivity index (χ4v) is 1.66. The van der Waals surface area contributed by atoms with E-state index in [0.29, 0.717) is 25.4 Å². The van der Waals surface area contributed by atoms with E-state index in [-0.39, 0.29) is 5.91 Å². The molecule has 3 N–H and O–H groups in total. The maximum Gasteiger partial charge on any atom is 0.238 e. The molecule has 0 aliphatic carbocycles. The Kier molecular flexibility index (Phi) is 6.92. The number of nitrogens with one attached hydrogen (secondary N) is 1. The molecule has 0 unspecified atom stereocenters. The van der Waals surface area contributed by atoms with Crippen LogP contribution >= 0.6 is 0 Å². The van der Waals surface area contributed by atoms with Crippen molar-refractivity contribution in [1.29, 1.82) is 0 Å². The number of likely N-dealkylation sites (N-methyl/N-ethyl adjacent to an activating group) is 1. The number of nitrogen functional groups attached to an aromatic ring is 1. The quantitative estimate of drug-likeness (QED) is 0.553. The van der Waals surface area contributed by atoms with Crippen molar-refractivity contribution in [3.05, 3.63) is 24.3 Å². The third kappa shape index (κ3) is 6.22. The SMILES string of the molecule is CCOCCN(CC)CC(=O)Nc1ccc(N)cc1. The molecule has 5 heteroatoms. The fraction of sp³-hybridized carbons (Fsp3) is 0.500. The molecule has 0 saturated carbocycles. The van der Waals surface area contributed by atoms with Gasteiger partial charge in [-0.15, -0.1) is 0 Å². The zero-order valence-corrected chi connectivity index (χ0v) is 11.7. The summed E-state index contributed by atoms with van der Waals surface area (Å²) < 4.78 is 5.29. The number of anilines is 2. The van der Waals surface area contributed by atoms with Crippen LogP contribution in [0.3, 0.4) is 0 Å². The smallest absolute Gasteiger partial charge is 0.238 e. The van der Waals surface area contributed by atoms with Crippen molar-refractivity contribution >= 4 is 17.3 Å². The summed E-state index contributed by atoms with van der Waals surface area (Å²) >= 11 is 0. The second-order valence-corrected chi connectivity index (χ2v) is 4.24. The summed E-state index contributed by atoms with van der Waals surface area (Å²) in [6.07, 6.45) is 0. The van der Waals surface area contributed by atoms with Crippen molar-refractivity contribution in [3.8, 4) is 0 Å². The molecule has 1 amide bonds. The highest BCUT2D eigenvalue weighted by Gasteiger charge is 2.09. The summed E-state index contributed by atoms with van der Waals surface area (Å²) in [5, 5.41) is 2.85. The Hall–Kier alpha value is -1.59. The molecule has 1 rings (SSSR count). The molecule has 0 spiro atoms. The maximum atomic E-state index is 11.9. The van der Waals surface area contributed by atoms with E-state index >= 15 is 0 Å². The summed E-state index contributed by atoms with van der Waals surface area (Å²) in [6.45, 7) is 7.30. The average Bonchev–Trinajstić information content (AvgIpc) is 2.40. The van der Waals surface area contributed by atoms with Gasteiger partial charge in [-0.2, -0.15) is 0 Å². The number of benzene rings is 1. The molecule has 0 bridgehead atoms. The Labute approximate surface area is 114 Å². The van der Waals surface area contributed by atoms with E-state index in [1.807, 2.05) is 18.7 Å². The minimum atomic E-state index is -0.0249. The van der Waals surface area contributed by atoms with Gasteiger partial charge in [0.1, 0.15) is 0 Å². The molecule has 1 aromatic carbocycles. The molecule has 0 radical (unpaired) electrons. The van der Waals surface area contributed by atoms with E-state index in [2.05, 4.69) is 5.32 Å². The molecule has 1 aromatic rings. The van der Waals surface area contributed by atoms with Crippen molar-refractivity contribution in [1.82, 2.24) is 4.90 Å². The maximum absolute atomic E-state index is 11.9. The molecule has 5 nitrogen and oxygen atoms in total. The Morgan fingerprint density at radius 2 is 2.00 bits per heavy atom. The topological polar surface area (TPSA) is 67.6 Å². The lowest BCUT2D eigenvalue weighted by atomic mass is 10.3. The summed E-state index contributed by atoms with van der Waals surface area (Å²) in [7, 11) is 0. The van der Waals surface area contributed by atoms with Crippen molar-refractivity contribution in [2.24, 2.45) is 0 Å². The van der Waals surface area contributed by atoms with Crippen LogP contribution in [0.2, 0.25) is 0 Å². The van der Waals surface area contributed by atoms with E-state index in [4.69, 9.17) is 10.5 Å². The van der Waals surface area contributed by atoms with Gasteiger partial charge in [-0.3, -0.25) is 9.69 Å². The van der Waals surface area contributed by atoms with Gasteiger partial charge in [0.2, 0.25) is 5.91 Å². The van der Waals surface area contributed by atoms with Gasteiger partial charge < -0.3 is 15.8 Å². The van der Waals surface area contributed by atoms with E-state index in [0.717, 1.165) is 18.8 Å². The van der Waals surface area contributed by atoms with E-state index < -0.39 is 0 Å². The van der Waals surface area contributed by atoms with Gasteiger partial charge in [0.25, 0.3) is 0 Å². The van der Waals surface area contributed by atoms with Crippen LogP contribution in [0.4, 0.5) is 11.4 Å². The molecule has 0 fully saturated rings. The van der Waals surface area contributed by atoms with E-state index in [9.17, 15) is 4.79 Å². The lowest BCUT2D eigenvalue weighted by Crippen LogP contribution is -2.35. The van der Waals surface area contributed by atoms with Crippen molar-refractivity contribution in [2.75, 3.05) is 43.9 Å². The Bertz CT molecular complexity index is 379. The lowest BCUT2D eigenvalue weighted by Gasteiger charge is -2.19. The van der Waals surface area contributed by atoms with Gasteiger partial charge >= 0.3 is 0 Å². The molecule has 0 saturated heterocycles. The third-order valence-electron chi connectivity index (χ3n) is 2.76. The van der Waals surface area contributed by atoms with Crippen molar-refractivity contribution < 1.29 is 9.53 Å². The second kappa shape index (κ2) is 8.50. The van der Waals surface area contributed by atoms with Crippen LogP contribution in [0.25, 0.3) is 0 Å². The minimum Gasteiger partial charge on any atom is -0.399 e. The number of hydrogen-bond acceptors (Lipinski definition) is 4. The number of nitrogens with zero attached hydrogens (tertiary/aromatic N) is 1. The molecule has 0 atom stereocenters. The summed E-state index contributed by atoms with van der Waals surface area (Å²) in [6, 6.07) is 7.12. The number of carbonyl (C=O) groups is 1. The number of amides is 1. The standard InChI is InChI=1S/C14H23N3O2/c1-3-17(9-10-19-4-2)11-14(18)16-13-7-5-12(15)6-8-13/h5-8H,3-4,9-11,15H2,1-2H3,(H,16,18). The monoisotopic (exact) mass is 265 g/mol. The first kappa shape index (κ1) is 15.5. The zero-order chi connectivity index (χ0) is 14.1. The number of rotatable bonds is 8. The number of carbonyl (C=O) groups excluding carboxylic acids is 1. The predicted molar refractivity (Wildman–Crippen MR) is 78.1 cm³/mol. The predicted octanol–water partition coefficient (Wildman–Crippen LogP) is 1.57. The summed E-state index contributed by atoms with van der Waals surface area (Å²) in [4.78, 5) is 13.9. The molecule has 106 valence electrons. The second-order valence-electron chi connectivity index (χ2n) is 4.24. The largest absolute Gasteiger partial charge is 0.399 e. The average molecular weight is 265 g/mol. The summed E-state index contributed by atoms with van der Waals surface area (Å²) in [5.74, 6) is -0.0249.